The van der Waals surface area contributed by atoms with Crippen LogP contribution in [0.3, 0.4) is 0 Å². The highest BCUT2D eigenvalue weighted by molar-refractivity contribution is 7.99. The van der Waals surface area contributed by atoms with E-state index in [0.717, 1.165) is 35.6 Å². The summed E-state index contributed by atoms with van der Waals surface area (Å²) < 4.78 is 5.70. The van der Waals surface area contributed by atoms with E-state index in [2.05, 4.69) is 19.2 Å². The van der Waals surface area contributed by atoms with E-state index in [-0.39, 0.29) is 0 Å². The maximum absolute atomic E-state index is 5.70. The molecule has 110 valence electrons. The SMILES string of the molecule is CCNc1nc(C2CC2)nc(SCC2CCCO2)c1C. The first-order chi connectivity index (χ1) is 9.78. The first-order valence-corrected chi connectivity index (χ1v) is 8.63. The van der Waals surface area contributed by atoms with Crippen molar-refractivity contribution >= 4 is 17.6 Å². The quantitative estimate of drug-likeness (QED) is 0.643. The van der Waals surface area contributed by atoms with E-state index in [9.17, 15) is 0 Å². The number of hydrogen-bond donors (Lipinski definition) is 1. The largest absolute Gasteiger partial charge is 0.377 e. The van der Waals surface area contributed by atoms with Gasteiger partial charge in [-0.1, -0.05) is 0 Å². The van der Waals surface area contributed by atoms with Crippen LogP contribution in [0.2, 0.25) is 0 Å². The van der Waals surface area contributed by atoms with Crippen LogP contribution in [0.1, 0.15) is 49.9 Å². The normalized spacial score (nSPS) is 22.2. The first kappa shape index (κ1) is 14.1. The van der Waals surface area contributed by atoms with Crippen LogP contribution in [-0.4, -0.2) is 35.0 Å². The molecule has 2 heterocycles. The molecule has 2 aliphatic rings. The van der Waals surface area contributed by atoms with Crippen molar-refractivity contribution in [2.75, 3.05) is 24.2 Å². The predicted octanol–water partition coefficient (Wildman–Crippen LogP) is 3.37. The Hall–Kier alpha value is -0.810. The Morgan fingerprint density at radius 3 is 2.80 bits per heavy atom. The minimum atomic E-state index is 0.404. The molecule has 0 spiro atoms. The predicted molar refractivity (Wildman–Crippen MR) is 82.6 cm³/mol. The molecule has 4 nitrogen and oxygen atoms in total. The number of nitrogens with zero attached hydrogens (tertiary/aromatic N) is 2. The van der Waals surface area contributed by atoms with Gasteiger partial charge in [0.1, 0.15) is 16.7 Å². The average Bonchev–Trinajstić information content (AvgIpc) is 3.17. The number of anilines is 1. The summed E-state index contributed by atoms with van der Waals surface area (Å²) in [7, 11) is 0. The minimum absolute atomic E-state index is 0.404. The van der Waals surface area contributed by atoms with Gasteiger partial charge in [-0.15, -0.1) is 11.8 Å². The van der Waals surface area contributed by atoms with Crippen molar-refractivity contribution in [3.8, 4) is 0 Å². The molecule has 0 aromatic carbocycles. The molecule has 5 heteroatoms. The molecule has 1 unspecified atom stereocenters. The first-order valence-electron chi connectivity index (χ1n) is 7.64. The van der Waals surface area contributed by atoms with Gasteiger partial charge < -0.3 is 10.1 Å². The maximum atomic E-state index is 5.70. The van der Waals surface area contributed by atoms with Crippen molar-refractivity contribution < 1.29 is 4.74 Å². The number of hydrogen-bond acceptors (Lipinski definition) is 5. The van der Waals surface area contributed by atoms with E-state index >= 15 is 0 Å². The monoisotopic (exact) mass is 293 g/mol. The van der Waals surface area contributed by atoms with E-state index in [0.29, 0.717) is 12.0 Å². The van der Waals surface area contributed by atoms with Gasteiger partial charge in [0.15, 0.2) is 0 Å². The van der Waals surface area contributed by atoms with Crippen molar-refractivity contribution in [2.45, 2.75) is 56.6 Å². The molecular formula is C15H23N3OS. The summed E-state index contributed by atoms with van der Waals surface area (Å²) in [6.45, 7) is 6.05. The fourth-order valence-electron chi connectivity index (χ4n) is 2.46. The molecule has 1 atom stereocenters. The van der Waals surface area contributed by atoms with Gasteiger partial charge in [-0.2, -0.15) is 0 Å². The van der Waals surface area contributed by atoms with Crippen LogP contribution in [0.4, 0.5) is 5.82 Å². The zero-order chi connectivity index (χ0) is 13.9. The zero-order valence-corrected chi connectivity index (χ0v) is 13.1. The van der Waals surface area contributed by atoms with Crippen molar-refractivity contribution in [2.24, 2.45) is 0 Å². The van der Waals surface area contributed by atoms with Crippen LogP contribution >= 0.6 is 11.8 Å². The van der Waals surface area contributed by atoms with Gasteiger partial charge >= 0.3 is 0 Å². The highest BCUT2D eigenvalue weighted by atomic mass is 32.2. The number of aromatic nitrogens is 2. The van der Waals surface area contributed by atoms with E-state index in [1.807, 2.05) is 11.8 Å². The second-order valence-corrected chi connectivity index (χ2v) is 6.62. The van der Waals surface area contributed by atoms with Crippen LogP contribution in [0.15, 0.2) is 5.03 Å². The molecule has 2 fully saturated rings. The van der Waals surface area contributed by atoms with E-state index in [1.165, 1.54) is 31.2 Å². The highest BCUT2D eigenvalue weighted by Crippen LogP contribution is 2.40. The fourth-order valence-corrected chi connectivity index (χ4v) is 3.54. The summed E-state index contributed by atoms with van der Waals surface area (Å²) in [5, 5.41) is 4.50. The van der Waals surface area contributed by atoms with Gasteiger partial charge in [0.05, 0.1) is 6.10 Å². The molecular weight excluding hydrogens is 270 g/mol. The van der Waals surface area contributed by atoms with Gasteiger partial charge in [0.2, 0.25) is 0 Å². The Bertz CT molecular complexity index is 470. The van der Waals surface area contributed by atoms with E-state index in [1.54, 1.807) is 0 Å². The molecule has 3 rings (SSSR count). The van der Waals surface area contributed by atoms with Crippen molar-refractivity contribution in [1.82, 2.24) is 9.97 Å². The highest BCUT2D eigenvalue weighted by Gasteiger charge is 2.28. The fraction of sp³-hybridized carbons (Fsp3) is 0.733. The summed E-state index contributed by atoms with van der Waals surface area (Å²) >= 11 is 1.83. The molecule has 0 radical (unpaired) electrons. The molecule has 0 bridgehead atoms. The molecule has 0 amide bonds. The summed E-state index contributed by atoms with van der Waals surface area (Å²) in [6, 6.07) is 0. The molecule has 1 aliphatic heterocycles. The van der Waals surface area contributed by atoms with E-state index < -0.39 is 0 Å². The zero-order valence-electron chi connectivity index (χ0n) is 12.3. The lowest BCUT2D eigenvalue weighted by Crippen LogP contribution is -2.10. The van der Waals surface area contributed by atoms with Crippen LogP contribution in [-0.2, 0) is 4.74 Å². The minimum Gasteiger partial charge on any atom is -0.377 e. The van der Waals surface area contributed by atoms with E-state index in [4.69, 9.17) is 14.7 Å². The second kappa shape index (κ2) is 6.31. The molecule has 1 aromatic rings. The lowest BCUT2D eigenvalue weighted by Gasteiger charge is -2.14. The Morgan fingerprint density at radius 1 is 1.30 bits per heavy atom. The number of thioether (sulfide) groups is 1. The smallest absolute Gasteiger partial charge is 0.135 e. The number of ether oxygens (including phenoxy) is 1. The van der Waals surface area contributed by atoms with Crippen molar-refractivity contribution in [3.63, 3.8) is 0 Å². The standard InChI is InChI=1S/C15H23N3OS/c1-3-16-13-10(2)15(18-14(17-13)11-6-7-11)20-9-12-5-4-8-19-12/h11-12H,3-9H2,1-2H3,(H,16,17,18). The van der Waals surface area contributed by atoms with Crippen molar-refractivity contribution in [1.29, 1.82) is 0 Å². The summed E-state index contributed by atoms with van der Waals surface area (Å²) in [6.07, 6.45) is 5.27. The van der Waals surface area contributed by atoms with Crippen LogP contribution in [0, 0.1) is 6.92 Å². The maximum Gasteiger partial charge on any atom is 0.135 e. The second-order valence-electron chi connectivity index (χ2n) is 5.61. The van der Waals surface area contributed by atoms with Gasteiger partial charge in [-0.3, -0.25) is 0 Å². The third kappa shape index (κ3) is 3.26. The lowest BCUT2D eigenvalue weighted by molar-refractivity contribution is 0.129. The molecule has 1 saturated carbocycles. The molecule has 1 saturated heterocycles. The Morgan fingerprint density at radius 2 is 2.15 bits per heavy atom. The van der Waals surface area contributed by atoms with Gasteiger partial charge in [0, 0.05) is 30.4 Å². The average molecular weight is 293 g/mol. The summed E-state index contributed by atoms with van der Waals surface area (Å²) in [4.78, 5) is 9.49. The molecule has 1 aromatic heterocycles. The van der Waals surface area contributed by atoms with Gasteiger partial charge in [-0.05, 0) is 39.5 Å². The van der Waals surface area contributed by atoms with Crippen LogP contribution in [0.5, 0.6) is 0 Å². The van der Waals surface area contributed by atoms with Crippen LogP contribution in [0.25, 0.3) is 0 Å². The number of rotatable bonds is 6. The summed E-state index contributed by atoms with van der Waals surface area (Å²) in [5.41, 5.74) is 1.18. The topological polar surface area (TPSA) is 47.0 Å². The molecule has 20 heavy (non-hydrogen) atoms. The Kier molecular flexibility index (Phi) is 4.46. The third-order valence-electron chi connectivity index (χ3n) is 3.84. The van der Waals surface area contributed by atoms with Gasteiger partial charge in [-0.25, -0.2) is 9.97 Å². The summed E-state index contributed by atoms with van der Waals surface area (Å²) in [5.74, 6) is 3.64. The van der Waals surface area contributed by atoms with Gasteiger partial charge in [0.25, 0.3) is 0 Å². The Balaban J connectivity index is 1.76. The van der Waals surface area contributed by atoms with Crippen LogP contribution < -0.4 is 5.32 Å². The molecule has 1 N–H and O–H groups in total. The number of nitrogens with one attached hydrogen (secondary N) is 1. The third-order valence-corrected chi connectivity index (χ3v) is 5.04. The van der Waals surface area contributed by atoms with Crippen molar-refractivity contribution in [3.05, 3.63) is 11.4 Å². The molecule has 1 aliphatic carbocycles. The lowest BCUT2D eigenvalue weighted by atomic mass is 10.3. The Labute approximate surface area is 125 Å².